The molecule has 2 heterocycles. The molecule has 0 unspecified atom stereocenters. The van der Waals surface area contributed by atoms with Crippen molar-refractivity contribution in [3.8, 4) is 0 Å². The molecule has 4 rings (SSSR count). The number of halogens is 4. The van der Waals surface area contributed by atoms with Crippen LogP contribution in [-0.2, 0) is 23.8 Å². The van der Waals surface area contributed by atoms with Crippen LogP contribution in [0.15, 0.2) is 18.2 Å². The summed E-state index contributed by atoms with van der Waals surface area (Å²) in [5.74, 6) is 0.998. The quantitative estimate of drug-likeness (QED) is 0.693. The van der Waals surface area contributed by atoms with Gasteiger partial charge in [0.15, 0.2) is 0 Å². The van der Waals surface area contributed by atoms with Crippen molar-refractivity contribution in [2.75, 3.05) is 30.4 Å². The van der Waals surface area contributed by atoms with Gasteiger partial charge in [-0.3, -0.25) is 4.79 Å². The highest BCUT2D eigenvalue weighted by atomic mass is 35.5. The lowest BCUT2D eigenvalue weighted by atomic mass is 9.97. The number of carbonyl (C=O) groups is 1. The zero-order valence-electron chi connectivity index (χ0n) is 18.1. The summed E-state index contributed by atoms with van der Waals surface area (Å²) in [5, 5.41) is 5.69. The first kappa shape index (κ1) is 24.1. The van der Waals surface area contributed by atoms with E-state index in [1.165, 1.54) is 13.0 Å². The first-order valence-corrected chi connectivity index (χ1v) is 10.6. The van der Waals surface area contributed by atoms with E-state index in [-0.39, 0.29) is 35.7 Å². The first-order chi connectivity index (χ1) is 14.8. The van der Waals surface area contributed by atoms with E-state index in [1.807, 2.05) is 0 Å². The Morgan fingerprint density at radius 2 is 1.97 bits per heavy atom. The summed E-state index contributed by atoms with van der Waals surface area (Å²) in [6, 6.07) is 4.13. The molecule has 0 radical (unpaired) electrons. The number of hydrogen-bond acceptors (Lipinski definition) is 5. The van der Waals surface area contributed by atoms with Gasteiger partial charge < -0.3 is 15.5 Å². The summed E-state index contributed by atoms with van der Waals surface area (Å²) in [6.07, 6.45) is -0.0578. The van der Waals surface area contributed by atoms with Crippen molar-refractivity contribution < 1.29 is 18.0 Å². The Morgan fingerprint density at radius 3 is 2.69 bits per heavy atom. The molecule has 1 atom stereocenters. The van der Waals surface area contributed by atoms with Gasteiger partial charge in [0, 0.05) is 31.4 Å². The van der Waals surface area contributed by atoms with Crippen LogP contribution >= 0.6 is 12.4 Å². The average molecular weight is 470 g/mol. The number of carbonyl (C=O) groups excluding carboxylic acids is 1. The number of rotatable bonds is 4. The molecule has 1 aromatic carbocycles. The van der Waals surface area contributed by atoms with Gasteiger partial charge in [0.05, 0.1) is 17.2 Å². The second kappa shape index (κ2) is 9.52. The molecule has 6 nitrogen and oxygen atoms in total. The Bertz CT molecular complexity index is 998. The highest BCUT2D eigenvalue weighted by Crippen LogP contribution is 2.35. The summed E-state index contributed by atoms with van der Waals surface area (Å²) in [4.78, 5) is 23.5. The van der Waals surface area contributed by atoms with E-state index in [2.05, 4.69) is 25.5 Å². The minimum absolute atomic E-state index is 0. The molecule has 1 amide bonds. The second-order valence-corrected chi connectivity index (χ2v) is 8.20. The van der Waals surface area contributed by atoms with Crippen LogP contribution in [0.2, 0.25) is 0 Å². The van der Waals surface area contributed by atoms with Crippen molar-refractivity contribution >= 4 is 35.8 Å². The number of amides is 1. The Hall–Kier alpha value is -2.55. The lowest BCUT2D eigenvalue weighted by Crippen LogP contribution is -2.43. The fourth-order valence-electron chi connectivity index (χ4n) is 4.45. The van der Waals surface area contributed by atoms with Gasteiger partial charge >= 0.3 is 6.18 Å². The van der Waals surface area contributed by atoms with Crippen LogP contribution in [0.25, 0.3) is 0 Å². The molecular formula is C22H27ClF3N5O. The minimum atomic E-state index is -4.42. The van der Waals surface area contributed by atoms with Crippen LogP contribution in [0.3, 0.4) is 0 Å². The highest BCUT2D eigenvalue weighted by molar-refractivity contribution is 5.85. The Balaban J connectivity index is 0.00000289. The Morgan fingerprint density at radius 1 is 1.19 bits per heavy atom. The maximum absolute atomic E-state index is 13.3. The van der Waals surface area contributed by atoms with E-state index in [0.717, 1.165) is 61.8 Å². The van der Waals surface area contributed by atoms with Crippen LogP contribution in [0.5, 0.6) is 0 Å². The maximum atomic E-state index is 13.3. The molecule has 2 aromatic rings. The third-order valence-corrected chi connectivity index (χ3v) is 6.05. The molecular weight excluding hydrogens is 443 g/mol. The molecule has 1 aliphatic carbocycles. The lowest BCUT2D eigenvalue weighted by Gasteiger charge is -2.34. The SMILES string of the molecule is CNC(=O)[C@@H]1CCCN(c2nc(Nc3ccc(C)c(C(F)(F)F)c3)nc3c2CCC3)C1.Cl. The molecule has 10 heteroatoms. The number of piperidine rings is 1. The van der Waals surface area contributed by atoms with Crippen molar-refractivity contribution in [2.24, 2.45) is 5.92 Å². The summed E-state index contributed by atoms with van der Waals surface area (Å²) >= 11 is 0. The molecule has 2 aliphatic rings. The molecule has 1 saturated heterocycles. The third kappa shape index (κ3) is 4.92. The van der Waals surface area contributed by atoms with Crippen LogP contribution in [0.4, 0.5) is 30.6 Å². The average Bonchev–Trinajstić information content (AvgIpc) is 3.22. The van der Waals surface area contributed by atoms with Crippen molar-refractivity contribution in [2.45, 2.75) is 45.2 Å². The van der Waals surface area contributed by atoms with E-state index in [9.17, 15) is 18.0 Å². The number of aryl methyl sites for hydroxylation is 2. The highest BCUT2D eigenvalue weighted by Gasteiger charge is 2.33. The predicted molar refractivity (Wildman–Crippen MR) is 120 cm³/mol. The van der Waals surface area contributed by atoms with Gasteiger partial charge in [0.25, 0.3) is 0 Å². The molecule has 174 valence electrons. The number of fused-ring (bicyclic) bond motifs is 1. The fourth-order valence-corrected chi connectivity index (χ4v) is 4.45. The molecule has 0 bridgehead atoms. The molecule has 0 saturated carbocycles. The molecule has 32 heavy (non-hydrogen) atoms. The number of alkyl halides is 3. The summed E-state index contributed by atoms with van der Waals surface area (Å²) in [7, 11) is 1.64. The van der Waals surface area contributed by atoms with Gasteiger partial charge in [-0.1, -0.05) is 6.07 Å². The van der Waals surface area contributed by atoms with Crippen LogP contribution < -0.4 is 15.5 Å². The third-order valence-electron chi connectivity index (χ3n) is 6.05. The number of nitrogens with one attached hydrogen (secondary N) is 2. The van der Waals surface area contributed by atoms with Crippen molar-refractivity contribution in [3.63, 3.8) is 0 Å². The zero-order valence-corrected chi connectivity index (χ0v) is 18.9. The largest absolute Gasteiger partial charge is 0.416 e. The van der Waals surface area contributed by atoms with Crippen molar-refractivity contribution in [1.29, 1.82) is 0 Å². The molecule has 1 fully saturated rings. The van der Waals surface area contributed by atoms with E-state index in [4.69, 9.17) is 0 Å². The zero-order chi connectivity index (χ0) is 22.2. The van der Waals surface area contributed by atoms with Gasteiger partial charge in [0.2, 0.25) is 11.9 Å². The minimum Gasteiger partial charge on any atom is -0.359 e. The van der Waals surface area contributed by atoms with Crippen molar-refractivity contribution in [1.82, 2.24) is 15.3 Å². The number of anilines is 3. The van der Waals surface area contributed by atoms with Crippen LogP contribution in [0.1, 0.15) is 41.6 Å². The van der Waals surface area contributed by atoms with Gasteiger partial charge in [0.1, 0.15) is 5.82 Å². The predicted octanol–water partition coefficient (Wildman–Crippen LogP) is 4.42. The van der Waals surface area contributed by atoms with E-state index < -0.39 is 11.7 Å². The number of benzene rings is 1. The van der Waals surface area contributed by atoms with Gasteiger partial charge in [-0.05, 0) is 56.7 Å². The lowest BCUT2D eigenvalue weighted by molar-refractivity contribution is -0.138. The van der Waals surface area contributed by atoms with Gasteiger partial charge in [-0.25, -0.2) is 4.98 Å². The van der Waals surface area contributed by atoms with Gasteiger partial charge in [-0.2, -0.15) is 18.2 Å². The Labute approximate surface area is 191 Å². The van der Waals surface area contributed by atoms with Crippen LogP contribution in [0, 0.1) is 12.8 Å². The second-order valence-electron chi connectivity index (χ2n) is 8.20. The maximum Gasteiger partial charge on any atom is 0.416 e. The van der Waals surface area contributed by atoms with E-state index >= 15 is 0 Å². The monoisotopic (exact) mass is 469 g/mol. The van der Waals surface area contributed by atoms with E-state index in [1.54, 1.807) is 13.1 Å². The Kier molecular flexibility index (Phi) is 7.17. The number of hydrogen-bond donors (Lipinski definition) is 2. The summed E-state index contributed by atoms with van der Waals surface area (Å²) in [5.41, 5.74) is 1.80. The number of aromatic nitrogens is 2. The molecule has 1 aromatic heterocycles. The van der Waals surface area contributed by atoms with Crippen molar-refractivity contribution in [3.05, 3.63) is 40.6 Å². The summed E-state index contributed by atoms with van der Waals surface area (Å²) < 4.78 is 39.9. The number of nitrogens with zero attached hydrogens (tertiary/aromatic N) is 3. The normalized spacial score (nSPS) is 18.0. The van der Waals surface area contributed by atoms with Crippen LogP contribution in [-0.4, -0.2) is 36.0 Å². The van der Waals surface area contributed by atoms with E-state index in [0.29, 0.717) is 12.2 Å². The molecule has 0 spiro atoms. The molecule has 1 aliphatic heterocycles. The standard InChI is InChI=1S/C22H26F3N5O.ClH/c1-13-8-9-15(11-17(13)22(23,24)25)27-21-28-18-7-3-6-16(18)19(29-21)30-10-4-5-14(12-30)20(31)26-2;/h8-9,11,14H,3-7,10,12H2,1-2H3,(H,26,31)(H,27,28,29);1H/t14-;/m1./s1. The summed E-state index contributed by atoms with van der Waals surface area (Å²) in [6.45, 7) is 2.81. The molecule has 2 N–H and O–H groups in total. The topological polar surface area (TPSA) is 70.2 Å². The fraction of sp³-hybridized carbons (Fsp3) is 0.500. The van der Waals surface area contributed by atoms with Gasteiger partial charge in [-0.15, -0.1) is 12.4 Å². The first-order valence-electron chi connectivity index (χ1n) is 10.6. The smallest absolute Gasteiger partial charge is 0.359 e.